The number of hydrogen-bond donors (Lipinski definition) is 1. The van der Waals surface area contributed by atoms with Crippen LogP contribution in [-0.4, -0.2) is 37.9 Å². The second kappa shape index (κ2) is 8.28. The van der Waals surface area contributed by atoms with E-state index in [0.29, 0.717) is 12.2 Å². The molecule has 2 aromatic rings. The fourth-order valence-corrected chi connectivity index (χ4v) is 3.00. The molecule has 1 N–H and O–H groups in total. The number of aryl methyl sites for hydroxylation is 1. The van der Waals surface area contributed by atoms with Gasteiger partial charge < -0.3 is 5.32 Å². The Morgan fingerprint density at radius 1 is 1.41 bits per heavy atom. The number of halogens is 1. The van der Waals surface area contributed by atoms with E-state index in [0.717, 1.165) is 16.0 Å². The molecule has 8 heteroatoms. The van der Waals surface area contributed by atoms with Crippen LogP contribution in [0, 0.1) is 0 Å². The monoisotopic (exact) mass is 383 g/mol. The highest BCUT2D eigenvalue weighted by Crippen LogP contribution is 2.14. The van der Waals surface area contributed by atoms with Gasteiger partial charge in [-0.2, -0.15) is 0 Å². The van der Waals surface area contributed by atoms with E-state index in [1.54, 1.807) is 11.7 Å². The summed E-state index contributed by atoms with van der Waals surface area (Å²) < 4.78 is 2.65. The molecule has 0 saturated heterocycles. The zero-order chi connectivity index (χ0) is 15.9. The molecule has 0 aliphatic rings. The van der Waals surface area contributed by atoms with Crippen LogP contribution in [-0.2, 0) is 18.3 Å². The van der Waals surface area contributed by atoms with E-state index in [-0.39, 0.29) is 11.9 Å². The molecule has 1 amide bonds. The van der Waals surface area contributed by atoms with Crippen LogP contribution < -0.4 is 5.32 Å². The third-order valence-corrected chi connectivity index (χ3v) is 4.55. The molecule has 118 valence electrons. The van der Waals surface area contributed by atoms with Gasteiger partial charge in [0.1, 0.15) is 0 Å². The molecule has 1 unspecified atom stereocenters. The van der Waals surface area contributed by atoms with Gasteiger partial charge in [0.15, 0.2) is 0 Å². The van der Waals surface area contributed by atoms with Crippen LogP contribution in [0.4, 0.5) is 0 Å². The van der Waals surface area contributed by atoms with E-state index in [1.165, 1.54) is 17.3 Å². The lowest BCUT2D eigenvalue weighted by Crippen LogP contribution is -2.34. The van der Waals surface area contributed by atoms with Crippen LogP contribution in [0.1, 0.15) is 18.9 Å². The number of benzene rings is 1. The highest BCUT2D eigenvalue weighted by atomic mass is 79.9. The van der Waals surface area contributed by atoms with Crippen molar-refractivity contribution in [1.29, 1.82) is 0 Å². The molecule has 0 bridgehead atoms. The molecule has 1 heterocycles. The molecule has 0 aliphatic heterocycles. The molecule has 1 aromatic carbocycles. The van der Waals surface area contributed by atoms with Gasteiger partial charge in [0.25, 0.3) is 0 Å². The Morgan fingerprint density at radius 2 is 2.14 bits per heavy atom. The van der Waals surface area contributed by atoms with Crippen LogP contribution >= 0.6 is 27.7 Å². The molecule has 0 aliphatic carbocycles. The molecular formula is C14H18BrN5OS. The fraction of sp³-hybridized carbons (Fsp3) is 0.429. The average Bonchev–Trinajstić information content (AvgIpc) is 2.87. The lowest BCUT2D eigenvalue weighted by molar-refractivity contribution is -0.121. The van der Waals surface area contributed by atoms with Gasteiger partial charge in [0.05, 0.1) is 0 Å². The zero-order valence-corrected chi connectivity index (χ0v) is 14.9. The first-order chi connectivity index (χ1) is 10.5. The molecule has 0 saturated carbocycles. The third-order valence-electron chi connectivity index (χ3n) is 3.00. The molecule has 1 aromatic heterocycles. The minimum absolute atomic E-state index is 0.0484. The van der Waals surface area contributed by atoms with Crippen LogP contribution in [0.15, 0.2) is 33.9 Å². The molecule has 0 radical (unpaired) electrons. The number of hydrogen-bond acceptors (Lipinski definition) is 5. The van der Waals surface area contributed by atoms with E-state index in [2.05, 4.69) is 48.9 Å². The Kier molecular flexibility index (Phi) is 6.38. The normalized spacial score (nSPS) is 12.1. The van der Waals surface area contributed by atoms with E-state index in [9.17, 15) is 4.79 Å². The molecule has 1 atom stereocenters. The number of carbonyl (C=O) groups is 1. The van der Waals surface area contributed by atoms with Crippen molar-refractivity contribution in [3.05, 3.63) is 34.3 Å². The summed E-state index contributed by atoms with van der Waals surface area (Å²) in [6.45, 7) is 2.01. The Bertz CT molecular complexity index is 616. The quantitative estimate of drug-likeness (QED) is 0.741. The Hall–Kier alpha value is -1.41. The van der Waals surface area contributed by atoms with Gasteiger partial charge in [-0.05, 0) is 41.5 Å². The highest BCUT2D eigenvalue weighted by molar-refractivity contribution is 9.10. The summed E-state index contributed by atoms with van der Waals surface area (Å²) in [4.78, 5) is 11.9. The van der Waals surface area contributed by atoms with Crippen molar-refractivity contribution in [3.8, 4) is 0 Å². The number of rotatable bonds is 7. The van der Waals surface area contributed by atoms with Crippen molar-refractivity contribution in [2.45, 2.75) is 31.0 Å². The predicted molar refractivity (Wildman–Crippen MR) is 89.6 cm³/mol. The highest BCUT2D eigenvalue weighted by Gasteiger charge is 2.09. The maximum atomic E-state index is 11.9. The number of nitrogens with one attached hydrogen (secondary N) is 1. The van der Waals surface area contributed by atoms with Crippen LogP contribution in [0.5, 0.6) is 0 Å². The van der Waals surface area contributed by atoms with E-state index >= 15 is 0 Å². The topological polar surface area (TPSA) is 72.7 Å². The maximum absolute atomic E-state index is 11.9. The number of aromatic nitrogens is 4. The summed E-state index contributed by atoms with van der Waals surface area (Å²) in [5, 5.41) is 14.9. The Balaban J connectivity index is 1.70. The first-order valence-corrected chi connectivity index (χ1v) is 8.71. The second-order valence-corrected chi connectivity index (χ2v) is 6.96. The summed E-state index contributed by atoms with van der Waals surface area (Å²) in [7, 11) is 1.78. The van der Waals surface area contributed by atoms with E-state index < -0.39 is 0 Å². The summed E-state index contributed by atoms with van der Waals surface area (Å²) in [5.74, 6) is 0.706. The minimum atomic E-state index is 0.0484. The van der Waals surface area contributed by atoms with Gasteiger partial charge in [-0.1, -0.05) is 39.8 Å². The maximum Gasteiger partial charge on any atom is 0.221 e. The number of thioether (sulfide) groups is 1. The molecule has 0 spiro atoms. The van der Waals surface area contributed by atoms with E-state index in [1.807, 2.05) is 19.1 Å². The van der Waals surface area contributed by atoms with Crippen molar-refractivity contribution >= 4 is 33.6 Å². The zero-order valence-electron chi connectivity index (χ0n) is 12.5. The van der Waals surface area contributed by atoms with Crippen molar-refractivity contribution < 1.29 is 4.79 Å². The molecule has 6 nitrogen and oxygen atoms in total. The summed E-state index contributed by atoms with van der Waals surface area (Å²) in [6, 6.07) is 8.24. The lowest BCUT2D eigenvalue weighted by atomic mass is 10.1. The van der Waals surface area contributed by atoms with Crippen LogP contribution in [0.25, 0.3) is 0 Å². The molecule has 0 fully saturated rings. The second-order valence-electron chi connectivity index (χ2n) is 4.98. The molecule has 2 rings (SSSR count). The van der Waals surface area contributed by atoms with Gasteiger partial charge in [0, 0.05) is 29.7 Å². The van der Waals surface area contributed by atoms with Gasteiger partial charge in [-0.25, -0.2) is 4.68 Å². The Labute approximate surface area is 142 Å². The largest absolute Gasteiger partial charge is 0.353 e. The fourth-order valence-electron chi connectivity index (χ4n) is 1.95. The van der Waals surface area contributed by atoms with Gasteiger partial charge in [-0.15, -0.1) is 5.10 Å². The molecular weight excluding hydrogens is 366 g/mol. The van der Waals surface area contributed by atoms with Crippen LogP contribution in [0.2, 0.25) is 0 Å². The number of amides is 1. The first-order valence-electron chi connectivity index (χ1n) is 6.93. The smallest absolute Gasteiger partial charge is 0.221 e. The predicted octanol–water partition coefficient (Wildman–Crippen LogP) is 2.20. The van der Waals surface area contributed by atoms with Crippen molar-refractivity contribution in [1.82, 2.24) is 25.5 Å². The van der Waals surface area contributed by atoms with E-state index in [4.69, 9.17) is 0 Å². The van der Waals surface area contributed by atoms with Gasteiger partial charge in [-0.3, -0.25) is 4.79 Å². The van der Waals surface area contributed by atoms with Crippen molar-refractivity contribution in [3.63, 3.8) is 0 Å². The lowest BCUT2D eigenvalue weighted by Gasteiger charge is -2.14. The SMILES string of the molecule is CC(Cc1ccc(Br)cc1)NC(=O)CCSc1nnnn1C. The minimum Gasteiger partial charge on any atom is -0.353 e. The first kappa shape index (κ1) is 17.0. The average molecular weight is 384 g/mol. The van der Waals surface area contributed by atoms with Gasteiger partial charge >= 0.3 is 0 Å². The third kappa shape index (κ3) is 5.42. The standard InChI is InChI=1S/C14H18BrN5OS/c1-10(9-11-3-5-12(15)6-4-11)16-13(21)7-8-22-14-17-18-19-20(14)2/h3-6,10H,7-9H2,1-2H3,(H,16,21). The number of carbonyl (C=O) groups excluding carboxylic acids is 1. The van der Waals surface area contributed by atoms with Crippen LogP contribution in [0.3, 0.4) is 0 Å². The van der Waals surface area contributed by atoms with Crippen molar-refractivity contribution in [2.24, 2.45) is 7.05 Å². The van der Waals surface area contributed by atoms with Gasteiger partial charge in [0.2, 0.25) is 11.1 Å². The van der Waals surface area contributed by atoms with Crippen molar-refractivity contribution in [2.75, 3.05) is 5.75 Å². The summed E-state index contributed by atoms with van der Waals surface area (Å²) >= 11 is 4.89. The number of tetrazole rings is 1. The Morgan fingerprint density at radius 3 is 2.77 bits per heavy atom. The summed E-state index contributed by atoms with van der Waals surface area (Å²) in [6.07, 6.45) is 1.27. The summed E-state index contributed by atoms with van der Waals surface area (Å²) in [5.41, 5.74) is 1.20. The molecule has 22 heavy (non-hydrogen) atoms. The number of nitrogens with zero attached hydrogens (tertiary/aromatic N) is 4.